The van der Waals surface area contributed by atoms with Crippen LogP contribution in [-0.2, 0) is 6.42 Å². The highest BCUT2D eigenvalue weighted by Crippen LogP contribution is 2.25. The Morgan fingerprint density at radius 3 is 2.33 bits per heavy atom. The van der Waals surface area contributed by atoms with Gasteiger partial charge in [0, 0.05) is 24.7 Å². The molecule has 0 bridgehead atoms. The maximum atomic E-state index is 4.69. The maximum absolute atomic E-state index is 4.69. The third-order valence-corrected chi connectivity index (χ3v) is 3.95. The molecular weight excluding hydrogens is 258 g/mol. The van der Waals surface area contributed by atoms with E-state index in [2.05, 4.69) is 70.4 Å². The van der Waals surface area contributed by atoms with Crippen LogP contribution >= 0.6 is 0 Å². The summed E-state index contributed by atoms with van der Waals surface area (Å²) in [6, 6.07) is 9.39. The van der Waals surface area contributed by atoms with Crippen molar-refractivity contribution in [1.29, 1.82) is 0 Å². The van der Waals surface area contributed by atoms with Crippen LogP contribution in [0.25, 0.3) is 0 Å². The first-order chi connectivity index (χ1) is 10.0. The highest BCUT2D eigenvalue weighted by atomic mass is 15.3. The van der Waals surface area contributed by atoms with Crippen LogP contribution in [0, 0.1) is 13.8 Å². The maximum Gasteiger partial charge on any atom is 0.0643 e. The average molecular weight is 285 g/mol. The quantitative estimate of drug-likeness (QED) is 0.870. The fourth-order valence-corrected chi connectivity index (χ4v) is 2.88. The van der Waals surface area contributed by atoms with Crippen molar-refractivity contribution < 1.29 is 0 Å². The molecule has 1 unspecified atom stereocenters. The smallest absolute Gasteiger partial charge is 0.0643 e. The molecule has 1 aromatic carbocycles. The molecule has 0 fully saturated rings. The Hall–Kier alpha value is -1.61. The molecular formula is C18H27N3. The van der Waals surface area contributed by atoms with Crippen LogP contribution < -0.4 is 5.32 Å². The summed E-state index contributed by atoms with van der Waals surface area (Å²) in [6.45, 7) is 11.8. The summed E-state index contributed by atoms with van der Waals surface area (Å²) in [7, 11) is 0. The van der Waals surface area contributed by atoms with Crippen LogP contribution in [0.15, 0.2) is 30.5 Å². The Labute approximate surface area is 128 Å². The van der Waals surface area contributed by atoms with E-state index >= 15 is 0 Å². The highest BCUT2D eigenvalue weighted by molar-refractivity contribution is 5.36. The Balaban J connectivity index is 2.26. The standard InChI is InChI=1S/C18H27N3/c1-6-19-17(18-14(4)8-7-9-15(18)5)12-16-10-11-21(20-16)13(2)3/h7-11,13,17,19H,6,12H2,1-5H3. The van der Waals surface area contributed by atoms with Gasteiger partial charge in [-0.3, -0.25) is 4.68 Å². The first-order valence-electron chi connectivity index (χ1n) is 7.86. The van der Waals surface area contributed by atoms with E-state index in [1.165, 1.54) is 16.7 Å². The van der Waals surface area contributed by atoms with E-state index < -0.39 is 0 Å². The van der Waals surface area contributed by atoms with Gasteiger partial charge in [-0.05, 0) is 57.0 Å². The number of rotatable bonds is 6. The summed E-state index contributed by atoms with van der Waals surface area (Å²) in [5.74, 6) is 0. The van der Waals surface area contributed by atoms with Gasteiger partial charge in [0.15, 0.2) is 0 Å². The molecule has 3 nitrogen and oxygen atoms in total. The van der Waals surface area contributed by atoms with Crippen molar-refractivity contribution in [1.82, 2.24) is 15.1 Å². The van der Waals surface area contributed by atoms with E-state index in [1.807, 2.05) is 4.68 Å². The largest absolute Gasteiger partial charge is 0.310 e. The fourth-order valence-electron chi connectivity index (χ4n) is 2.88. The van der Waals surface area contributed by atoms with Crippen LogP contribution in [0.2, 0.25) is 0 Å². The Bertz CT molecular complexity index is 564. The predicted octanol–water partition coefficient (Wildman–Crippen LogP) is 3.97. The van der Waals surface area contributed by atoms with Crippen molar-refractivity contribution in [2.75, 3.05) is 6.54 Å². The summed E-state index contributed by atoms with van der Waals surface area (Å²) >= 11 is 0. The van der Waals surface area contributed by atoms with Crippen molar-refractivity contribution in [3.8, 4) is 0 Å². The molecule has 2 aromatic rings. The molecule has 1 atom stereocenters. The molecule has 3 heteroatoms. The molecule has 114 valence electrons. The highest BCUT2D eigenvalue weighted by Gasteiger charge is 2.17. The molecule has 1 aromatic heterocycles. The minimum atomic E-state index is 0.326. The lowest BCUT2D eigenvalue weighted by Gasteiger charge is -2.22. The molecule has 0 aliphatic carbocycles. The van der Waals surface area contributed by atoms with Crippen LogP contribution in [-0.4, -0.2) is 16.3 Å². The summed E-state index contributed by atoms with van der Waals surface area (Å²) < 4.78 is 2.03. The zero-order valence-electron chi connectivity index (χ0n) is 13.9. The summed E-state index contributed by atoms with van der Waals surface area (Å²) in [5.41, 5.74) is 5.27. The lowest BCUT2D eigenvalue weighted by molar-refractivity contribution is 0.505. The van der Waals surface area contributed by atoms with Gasteiger partial charge in [0.25, 0.3) is 0 Å². The van der Waals surface area contributed by atoms with Gasteiger partial charge in [0.1, 0.15) is 0 Å². The number of likely N-dealkylation sites (N-methyl/N-ethyl adjacent to an activating group) is 1. The zero-order chi connectivity index (χ0) is 15.4. The number of aryl methyl sites for hydroxylation is 2. The molecule has 0 saturated carbocycles. The fraction of sp³-hybridized carbons (Fsp3) is 0.500. The van der Waals surface area contributed by atoms with E-state index in [4.69, 9.17) is 5.10 Å². The Morgan fingerprint density at radius 2 is 1.81 bits per heavy atom. The molecule has 1 heterocycles. The van der Waals surface area contributed by atoms with Gasteiger partial charge < -0.3 is 5.32 Å². The van der Waals surface area contributed by atoms with Gasteiger partial charge in [0.05, 0.1) is 5.69 Å². The molecule has 0 aliphatic heterocycles. The second-order valence-corrected chi connectivity index (χ2v) is 6.00. The zero-order valence-corrected chi connectivity index (χ0v) is 13.9. The van der Waals surface area contributed by atoms with E-state index in [1.54, 1.807) is 0 Å². The monoisotopic (exact) mass is 285 g/mol. The number of nitrogens with zero attached hydrogens (tertiary/aromatic N) is 2. The van der Waals surface area contributed by atoms with Crippen molar-refractivity contribution in [2.45, 2.75) is 53.1 Å². The molecule has 0 spiro atoms. The molecule has 0 aliphatic rings. The first-order valence-corrected chi connectivity index (χ1v) is 7.86. The van der Waals surface area contributed by atoms with Crippen LogP contribution in [0.5, 0.6) is 0 Å². The lowest BCUT2D eigenvalue weighted by atomic mass is 9.93. The number of hydrogen-bond acceptors (Lipinski definition) is 2. The minimum Gasteiger partial charge on any atom is -0.310 e. The van der Waals surface area contributed by atoms with E-state index in [-0.39, 0.29) is 0 Å². The summed E-state index contributed by atoms with van der Waals surface area (Å²) in [5, 5.41) is 8.31. The molecule has 0 radical (unpaired) electrons. The normalized spacial score (nSPS) is 12.9. The van der Waals surface area contributed by atoms with E-state index in [0.29, 0.717) is 12.1 Å². The molecule has 0 amide bonds. The van der Waals surface area contributed by atoms with E-state index in [9.17, 15) is 0 Å². The predicted molar refractivity (Wildman–Crippen MR) is 88.6 cm³/mol. The second kappa shape index (κ2) is 6.90. The summed E-state index contributed by atoms with van der Waals surface area (Å²) in [6.07, 6.45) is 3.01. The van der Waals surface area contributed by atoms with Gasteiger partial charge in [-0.25, -0.2) is 0 Å². The lowest BCUT2D eigenvalue weighted by Crippen LogP contribution is -2.25. The SMILES string of the molecule is CCNC(Cc1ccn(C(C)C)n1)c1c(C)cccc1C. The molecule has 1 N–H and O–H groups in total. The van der Waals surface area contributed by atoms with Gasteiger partial charge in [-0.1, -0.05) is 25.1 Å². The third kappa shape index (κ3) is 3.73. The number of hydrogen-bond donors (Lipinski definition) is 1. The Kier molecular flexibility index (Phi) is 5.18. The van der Waals surface area contributed by atoms with Crippen molar-refractivity contribution in [3.63, 3.8) is 0 Å². The minimum absolute atomic E-state index is 0.326. The van der Waals surface area contributed by atoms with Crippen LogP contribution in [0.4, 0.5) is 0 Å². The van der Waals surface area contributed by atoms with Crippen molar-refractivity contribution in [2.24, 2.45) is 0 Å². The van der Waals surface area contributed by atoms with Crippen molar-refractivity contribution in [3.05, 3.63) is 52.8 Å². The van der Waals surface area contributed by atoms with Crippen molar-refractivity contribution >= 4 is 0 Å². The average Bonchev–Trinajstić information content (AvgIpc) is 2.87. The second-order valence-electron chi connectivity index (χ2n) is 6.00. The van der Waals surface area contributed by atoms with E-state index in [0.717, 1.165) is 18.7 Å². The topological polar surface area (TPSA) is 29.9 Å². The van der Waals surface area contributed by atoms with Crippen LogP contribution in [0.3, 0.4) is 0 Å². The van der Waals surface area contributed by atoms with Gasteiger partial charge in [-0.2, -0.15) is 5.10 Å². The van der Waals surface area contributed by atoms with Crippen LogP contribution in [0.1, 0.15) is 55.2 Å². The number of benzene rings is 1. The van der Waals surface area contributed by atoms with Gasteiger partial charge >= 0.3 is 0 Å². The number of aromatic nitrogens is 2. The molecule has 21 heavy (non-hydrogen) atoms. The van der Waals surface area contributed by atoms with Gasteiger partial charge in [0.2, 0.25) is 0 Å². The molecule has 2 rings (SSSR count). The molecule has 0 saturated heterocycles. The third-order valence-electron chi connectivity index (χ3n) is 3.95. The summed E-state index contributed by atoms with van der Waals surface area (Å²) in [4.78, 5) is 0. The first kappa shape index (κ1) is 15.8. The van der Waals surface area contributed by atoms with Gasteiger partial charge in [-0.15, -0.1) is 0 Å². The number of nitrogens with one attached hydrogen (secondary N) is 1. The Morgan fingerprint density at radius 1 is 1.14 bits per heavy atom.